The maximum atomic E-state index is 12.5. The molecule has 3 rings (SSSR count). The third-order valence-electron chi connectivity index (χ3n) is 5.79. The first-order valence-electron chi connectivity index (χ1n) is 12.4. The molecule has 0 aliphatic carbocycles. The Balaban J connectivity index is 1.75. The number of alkyl halides is 1. The van der Waals surface area contributed by atoms with Crippen LogP contribution in [-0.4, -0.2) is 43.8 Å². The molecule has 0 radical (unpaired) electrons. The highest BCUT2D eigenvalue weighted by Gasteiger charge is 2.33. The van der Waals surface area contributed by atoms with E-state index in [0.717, 1.165) is 23.6 Å². The van der Waals surface area contributed by atoms with Crippen molar-refractivity contribution >= 4 is 45.1 Å². The van der Waals surface area contributed by atoms with Gasteiger partial charge >= 0.3 is 6.09 Å². The van der Waals surface area contributed by atoms with Crippen molar-refractivity contribution in [2.45, 2.75) is 52.2 Å². The average Bonchev–Trinajstić information content (AvgIpc) is 3.32. The van der Waals surface area contributed by atoms with Crippen LogP contribution in [-0.2, 0) is 26.8 Å². The zero-order valence-electron chi connectivity index (χ0n) is 23.5. The normalized spacial score (nSPS) is 12.0. The van der Waals surface area contributed by atoms with Gasteiger partial charge in [0.15, 0.2) is 18.2 Å². The van der Waals surface area contributed by atoms with Gasteiger partial charge in [0, 0.05) is 5.41 Å². The number of benzene rings is 2. The summed E-state index contributed by atoms with van der Waals surface area (Å²) in [7, 11) is -4.04. The summed E-state index contributed by atoms with van der Waals surface area (Å²) >= 11 is 12.1. The van der Waals surface area contributed by atoms with Crippen LogP contribution in [0.2, 0.25) is 5.02 Å². The third kappa shape index (κ3) is 8.06. The lowest BCUT2D eigenvalue weighted by Gasteiger charge is -2.27. The van der Waals surface area contributed by atoms with E-state index in [-0.39, 0.29) is 30.8 Å². The Morgan fingerprint density at radius 1 is 1.10 bits per heavy atom. The molecule has 1 aromatic heterocycles. The second-order valence-electron chi connectivity index (χ2n) is 10.5. The number of ether oxygens (including phenoxy) is 3. The molecule has 0 saturated carbocycles. The van der Waals surface area contributed by atoms with Crippen molar-refractivity contribution < 1.29 is 31.8 Å². The van der Waals surface area contributed by atoms with Crippen LogP contribution >= 0.6 is 23.2 Å². The number of carbonyl (C=O) groups is 1. The van der Waals surface area contributed by atoms with Crippen LogP contribution in [0.25, 0.3) is 0 Å². The van der Waals surface area contributed by atoms with Gasteiger partial charge in [-0.3, -0.25) is 0 Å². The maximum absolute atomic E-state index is 12.5. The molecule has 0 unspecified atom stereocenters. The summed E-state index contributed by atoms with van der Waals surface area (Å²) < 4.78 is 46.8. The molecule has 0 spiro atoms. The molecule has 2 aromatic carbocycles. The number of amides is 1. The van der Waals surface area contributed by atoms with Crippen molar-refractivity contribution in [3.63, 3.8) is 0 Å². The number of anilines is 1. The molecule has 1 amide bonds. The van der Waals surface area contributed by atoms with E-state index in [0.29, 0.717) is 26.4 Å². The van der Waals surface area contributed by atoms with Gasteiger partial charge in [-0.2, -0.15) is 14.6 Å². The molecule has 13 heteroatoms. The molecule has 0 saturated heterocycles. The Morgan fingerprint density at radius 3 is 2.32 bits per heavy atom. The van der Waals surface area contributed by atoms with Gasteiger partial charge in [0.2, 0.25) is 15.9 Å². The van der Waals surface area contributed by atoms with Crippen LogP contribution in [0.1, 0.15) is 57.2 Å². The molecule has 0 atom stereocenters. The van der Waals surface area contributed by atoms with Gasteiger partial charge in [0.25, 0.3) is 0 Å². The molecule has 3 aromatic rings. The minimum Gasteiger partial charge on any atom is -0.489 e. The summed E-state index contributed by atoms with van der Waals surface area (Å²) in [6.45, 7) is 8.96. The lowest BCUT2D eigenvalue weighted by Crippen LogP contribution is -2.40. The minimum atomic E-state index is -4.04. The maximum Gasteiger partial charge on any atom is 0.430 e. The van der Waals surface area contributed by atoms with Gasteiger partial charge in [0.05, 0.1) is 22.7 Å². The summed E-state index contributed by atoms with van der Waals surface area (Å²) in [4.78, 5) is 16.6. The van der Waals surface area contributed by atoms with Crippen molar-refractivity contribution in [3.05, 3.63) is 70.3 Å². The highest BCUT2D eigenvalue weighted by molar-refractivity contribution is 7.92. The van der Waals surface area contributed by atoms with Gasteiger partial charge in [-0.15, -0.1) is 11.6 Å². The lowest BCUT2D eigenvalue weighted by molar-refractivity contribution is 0.0608. The van der Waals surface area contributed by atoms with Gasteiger partial charge in [0.1, 0.15) is 30.3 Å². The highest BCUT2D eigenvalue weighted by atomic mass is 35.5. The summed E-state index contributed by atoms with van der Waals surface area (Å²) in [6.07, 6.45) is 0.811. The Bertz CT molecular complexity index is 1540. The molecular weight excluding hydrogens is 593 g/mol. The first kappa shape index (κ1) is 32.1. The fraction of sp³-hybridized carbons (Fsp3) is 0.393. The second kappa shape index (κ2) is 12.6. The molecule has 0 N–H and O–H groups in total. The number of rotatable bonds is 10. The Hall–Kier alpha value is -3.46. The van der Waals surface area contributed by atoms with Crippen LogP contribution < -0.4 is 13.8 Å². The van der Waals surface area contributed by atoms with Crippen molar-refractivity contribution in [1.82, 2.24) is 4.98 Å². The van der Waals surface area contributed by atoms with Crippen LogP contribution in [0.4, 0.5) is 10.6 Å². The molecule has 41 heavy (non-hydrogen) atoms. The summed E-state index contributed by atoms with van der Waals surface area (Å²) in [6, 6.07) is 12.9. The van der Waals surface area contributed by atoms with Crippen molar-refractivity contribution in [3.8, 4) is 17.6 Å². The first-order chi connectivity index (χ1) is 19.1. The summed E-state index contributed by atoms with van der Waals surface area (Å²) in [5, 5.41) is 9.95. The number of carbonyl (C=O) groups excluding carboxylic acids is 1. The van der Waals surface area contributed by atoms with E-state index >= 15 is 0 Å². The second-order valence-corrected chi connectivity index (χ2v) is 13.1. The number of aromatic nitrogens is 1. The highest BCUT2D eigenvalue weighted by Crippen LogP contribution is 2.38. The molecule has 0 aliphatic rings. The van der Waals surface area contributed by atoms with Gasteiger partial charge in [-0.25, -0.2) is 13.2 Å². The Morgan fingerprint density at radius 2 is 1.76 bits per heavy atom. The van der Waals surface area contributed by atoms with Crippen molar-refractivity contribution in [2.24, 2.45) is 0 Å². The van der Waals surface area contributed by atoms with Gasteiger partial charge in [-0.05, 0) is 56.2 Å². The van der Waals surface area contributed by atoms with Crippen LogP contribution in [0.15, 0.2) is 47.1 Å². The SMILES string of the molecule is CC(C)(C)OC(=O)N(c1coc(COc2ccc(C(C)(C)c3cc(Cl)c(OCCCl)c(C#N)c3)cc2)n1)S(C)(=O)=O. The predicted molar refractivity (Wildman–Crippen MR) is 155 cm³/mol. The monoisotopic (exact) mass is 623 g/mol. The smallest absolute Gasteiger partial charge is 0.430 e. The molecule has 220 valence electrons. The number of hydrogen-bond acceptors (Lipinski definition) is 9. The zero-order chi connectivity index (χ0) is 30.6. The molecule has 0 fully saturated rings. The molecular formula is C28H31Cl2N3O7S. The molecule has 1 heterocycles. The van der Waals surface area contributed by atoms with Gasteiger partial charge < -0.3 is 18.6 Å². The Kier molecular flexibility index (Phi) is 9.85. The third-order valence-corrected chi connectivity index (χ3v) is 7.22. The number of sulfonamides is 1. The lowest BCUT2D eigenvalue weighted by atomic mass is 9.77. The zero-order valence-corrected chi connectivity index (χ0v) is 25.9. The molecule has 0 aliphatic heterocycles. The average molecular weight is 625 g/mol. The number of oxazole rings is 1. The number of halogens is 2. The van der Waals surface area contributed by atoms with E-state index in [1.54, 1.807) is 45.0 Å². The fourth-order valence-corrected chi connectivity index (χ4v) is 4.85. The standard InChI is InChI=1S/C28H31Cl2N3O7S/c1-27(2,3)40-26(34)33(41(6,35)36)23-16-39-24(32-23)17-38-21-9-7-19(8-10-21)28(4,5)20-13-18(15-31)25(22(30)14-20)37-12-11-29/h7-10,13-14,16H,11-12,17H2,1-6H3. The minimum absolute atomic E-state index is 0.0526. The van der Waals surface area contributed by atoms with E-state index in [1.807, 2.05) is 26.0 Å². The quantitative estimate of drug-likeness (QED) is 0.234. The number of nitrogens with zero attached hydrogens (tertiary/aromatic N) is 3. The summed E-state index contributed by atoms with van der Waals surface area (Å²) in [5.74, 6) is 0.879. The first-order valence-corrected chi connectivity index (χ1v) is 15.2. The van der Waals surface area contributed by atoms with E-state index in [1.165, 1.54) is 0 Å². The van der Waals surface area contributed by atoms with Gasteiger partial charge in [-0.1, -0.05) is 37.6 Å². The topological polar surface area (TPSA) is 132 Å². The number of hydrogen-bond donors (Lipinski definition) is 0. The van der Waals surface area contributed by atoms with E-state index in [9.17, 15) is 18.5 Å². The largest absolute Gasteiger partial charge is 0.489 e. The van der Waals surface area contributed by atoms with E-state index in [2.05, 4.69) is 11.1 Å². The van der Waals surface area contributed by atoms with E-state index in [4.69, 9.17) is 41.8 Å². The fourth-order valence-electron chi connectivity index (χ4n) is 3.77. The number of nitriles is 1. The predicted octanol–water partition coefficient (Wildman–Crippen LogP) is 6.42. The van der Waals surface area contributed by atoms with Crippen molar-refractivity contribution in [2.75, 3.05) is 23.0 Å². The van der Waals surface area contributed by atoms with Crippen LogP contribution in [0.5, 0.6) is 11.5 Å². The Labute approximate surface area is 249 Å². The van der Waals surface area contributed by atoms with Crippen molar-refractivity contribution in [1.29, 1.82) is 5.26 Å². The van der Waals surface area contributed by atoms with E-state index < -0.39 is 27.1 Å². The van der Waals surface area contributed by atoms with Crippen LogP contribution in [0, 0.1) is 11.3 Å². The summed E-state index contributed by atoms with van der Waals surface area (Å²) in [5.41, 5.74) is 0.630. The van der Waals surface area contributed by atoms with Crippen LogP contribution in [0.3, 0.4) is 0 Å². The molecule has 10 nitrogen and oxygen atoms in total. The molecule has 0 bridgehead atoms.